The molecule has 1 heterocycles. The Morgan fingerprint density at radius 2 is 2.20 bits per heavy atom. The van der Waals surface area contributed by atoms with E-state index in [-0.39, 0.29) is 18.4 Å². The van der Waals surface area contributed by atoms with E-state index in [2.05, 4.69) is 10.3 Å². The highest BCUT2D eigenvalue weighted by molar-refractivity contribution is 5.86. The van der Waals surface area contributed by atoms with Crippen molar-refractivity contribution >= 4 is 16.8 Å². The Labute approximate surface area is 118 Å². The first kappa shape index (κ1) is 14.6. The Balaban J connectivity index is 1.97. The molecule has 2 aromatic rings. The molecule has 5 nitrogen and oxygen atoms in total. The molecular weight excluding hydrogens is 254 g/mol. The Bertz CT molecular complexity index is 579. The molecule has 1 aromatic carbocycles. The maximum atomic E-state index is 11.9. The molecule has 0 aliphatic rings. The molecule has 1 unspecified atom stereocenters. The number of benzene rings is 1. The maximum Gasteiger partial charge on any atom is 0.237 e. The van der Waals surface area contributed by atoms with Gasteiger partial charge in [0.15, 0.2) is 0 Å². The average Bonchev–Trinajstić information content (AvgIpc) is 2.87. The summed E-state index contributed by atoms with van der Waals surface area (Å²) in [5.41, 5.74) is 8.02. The molecule has 108 valence electrons. The topological polar surface area (TPSA) is 91.1 Å². The lowest BCUT2D eigenvalue weighted by Gasteiger charge is -2.14. The number of hydrogen-bond donors (Lipinski definition) is 4. The number of aromatic nitrogens is 1. The number of nitrogens with one attached hydrogen (secondary N) is 2. The van der Waals surface area contributed by atoms with Gasteiger partial charge in [0.1, 0.15) is 0 Å². The predicted molar refractivity (Wildman–Crippen MR) is 79.2 cm³/mol. The number of carbonyl (C=O) groups excluding carboxylic acids is 1. The summed E-state index contributed by atoms with van der Waals surface area (Å²) < 4.78 is 0. The fourth-order valence-corrected chi connectivity index (χ4v) is 2.10. The molecule has 1 amide bonds. The largest absolute Gasteiger partial charge is 0.396 e. The van der Waals surface area contributed by atoms with Gasteiger partial charge in [-0.2, -0.15) is 0 Å². The molecule has 0 spiro atoms. The van der Waals surface area contributed by atoms with Gasteiger partial charge in [0, 0.05) is 30.3 Å². The van der Waals surface area contributed by atoms with Crippen molar-refractivity contribution in [3.63, 3.8) is 0 Å². The molecule has 0 saturated carbocycles. The SMILES string of the molecule is CC(CO)CNC(=O)[C@@H](N)Cc1c[nH]c2ccccc12. The minimum atomic E-state index is -0.583. The monoisotopic (exact) mass is 275 g/mol. The van der Waals surface area contributed by atoms with Gasteiger partial charge in [0.25, 0.3) is 0 Å². The molecule has 0 bridgehead atoms. The number of rotatable bonds is 6. The van der Waals surface area contributed by atoms with Crippen LogP contribution in [0.1, 0.15) is 12.5 Å². The van der Waals surface area contributed by atoms with Crippen molar-refractivity contribution in [2.24, 2.45) is 11.7 Å². The average molecular weight is 275 g/mol. The Kier molecular flexibility index (Phi) is 4.76. The van der Waals surface area contributed by atoms with Crippen molar-refractivity contribution in [2.75, 3.05) is 13.2 Å². The third-order valence-corrected chi connectivity index (χ3v) is 3.39. The molecule has 0 aliphatic heterocycles. The van der Waals surface area contributed by atoms with E-state index in [1.165, 1.54) is 0 Å². The van der Waals surface area contributed by atoms with E-state index in [0.717, 1.165) is 16.5 Å². The number of amides is 1. The minimum absolute atomic E-state index is 0.0410. The molecule has 0 fully saturated rings. The van der Waals surface area contributed by atoms with Crippen LogP contribution < -0.4 is 11.1 Å². The lowest BCUT2D eigenvalue weighted by atomic mass is 10.0. The van der Waals surface area contributed by atoms with Gasteiger partial charge < -0.3 is 21.1 Å². The van der Waals surface area contributed by atoms with Crippen molar-refractivity contribution in [1.82, 2.24) is 10.3 Å². The second-order valence-corrected chi connectivity index (χ2v) is 5.20. The highest BCUT2D eigenvalue weighted by atomic mass is 16.3. The molecule has 2 rings (SSSR count). The normalized spacial score (nSPS) is 14.2. The summed E-state index contributed by atoms with van der Waals surface area (Å²) in [5.74, 6) is -0.144. The van der Waals surface area contributed by atoms with Crippen molar-refractivity contribution < 1.29 is 9.90 Å². The fraction of sp³-hybridized carbons (Fsp3) is 0.400. The van der Waals surface area contributed by atoms with Crippen LogP contribution in [0.25, 0.3) is 10.9 Å². The lowest BCUT2D eigenvalue weighted by molar-refractivity contribution is -0.122. The number of fused-ring (bicyclic) bond motifs is 1. The molecule has 0 aliphatic carbocycles. The van der Waals surface area contributed by atoms with Crippen LogP contribution in [0.5, 0.6) is 0 Å². The Morgan fingerprint density at radius 1 is 1.45 bits per heavy atom. The molecule has 0 saturated heterocycles. The molecule has 0 radical (unpaired) electrons. The summed E-state index contributed by atoms with van der Waals surface area (Å²) in [4.78, 5) is 15.1. The third kappa shape index (κ3) is 3.37. The fourth-order valence-electron chi connectivity index (χ4n) is 2.10. The first-order valence-corrected chi connectivity index (χ1v) is 6.81. The standard InChI is InChI=1S/C15H21N3O2/c1-10(9-19)7-18-15(20)13(16)6-11-8-17-14-5-3-2-4-12(11)14/h2-5,8,10,13,17,19H,6-7,9,16H2,1H3,(H,18,20)/t10?,13-/m0/s1. The van der Waals surface area contributed by atoms with E-state index in [1.807, 2.05) is 37.4 Å². The zero-order chi connectivity index (χ0) is 14.5. The maximum absolute atomic E-state index is 11.9. The number of hydrogen-bond acceptors (Lipinski definition) is 3. The van der Waals surface area contributed by atoms with Crippen LogP contribution >= 0.6 is 0 Å². The summed E-state index contributed by atoms with van der Waals surface area (Å²) >= 11 is 0. The first-order valence-electron chi connectivity index (χ1n) is 6.81. The lowest BCUT2D eigenvalue weighted by Crippen LogP contribution is -2.43. The quantitative estimate of drug-likeness (QED) is 0.628. The second-order valence-electron chi connectivity index (χ2n) is 5.20. The Morgan fingerprint density at radius 3 is 2.95 bits per heavy atom. The zero-order valence-electron chi connectivity index (χ0n) is 11.6. The number of aromatic amines is 1. The highest BCUT2D eigenvalue weighted by Gasteiger charge is 2.16. The van der Waals surface area contributed by atoms with Gasteiger partial charge in [-0.25, -0.2) is 0 Å². The number of aliphatic hydroxyl groups is 1. The van der Waals surface area contributed by atoms with E-state index in [9.17, 15) is 4.79 Å². The number of H-pyrrole nitrogens is 1. The number of nitrogens with two attached hydrogens (primary N) is 1. The Hall–Kier alpha value is -1.85. The van der Waals surface area contributed by atoms with E-state index >= 15 is 0 Å². The number of carbonyl (C=O) groups is 1. The third-order valence-electron chi connectivity index (χ3n) is 3.39. The van der Waals surface area contributed by atoms with Gasteiger partial charge in [0.2, 0.25) is 5.91 Å². The number of aliphatic hydroxyl groups excluding tert-OH is 1. The van der Waals surface area contributed by atoms with E-state index in [1.54, 1.807) is 0 Å². The van der Waals surface area contributed by atoms with Crippen LogP contribution in [0, 0.1) is 5.92 Å². The summed E-state index contributed by atoms with van der Waals surface area (Å²) in [7, 11) is 0. The van der Waals surface area contributed by atoms with Gasteiger partial charge in [-0.15, -0.1) is 0 Å². The van der Waals surface area contributed by atoms with E-state index < -0.39 is 6.04 Å². The van der Waals surface area contributed by atoms with Crippen LogP contribution in [0.15, 0.2) is 30.5 Å². The second kappa shape index (κ2) is 6.54. The molecular formula is C15H21N3O2. The van der Waals surface area contributed by atoms with Gasteiger partial charge in [-0.1, -0.05) is 25.1 Å². The molecule has 1 aromatic heterocycles. The van der Waals surface area contributed by atoms with Crippen LogP contribution in [-0.4, -0.2) is 35.2 Å². The van der Waals surface area contributed by atoms with Crippen molar-refractivity contribution in [3.05, 3.63) is 36.0 Å². The smallest absolute Gasteiger partial charge is 0.237 e. The molecule has 5 heteroatoms. The van der Waals surface area contributed by atoms with Crippen LogP contribution in [0.3, 0.4) is 0 Å². The van der Waals surface area contributed by atoms with Crippen LogP contribution in [0.2, 0.25) is 0 Å². The molecule has 5 N–H and O–H groups in total. The van der Waals surface area contributed by atoms with Crippen molar-refractivity contribution in [3.8, 4) is 0 Å². The van der Waals surface area contributed by atoms with Crippen LogP contribution in [0.4, 0.5) is 0 Å². The summed E-state index contributed by atoms with van der Waals surface area (Å²) in [6.07, 6.45) is 2.39. The number of para-hydroxylation sites is 1. The predicted octanol–water partition coefficient (Wildman–Crippen LogP) is 0.782. The first-order chi connectivity index (χ1) is 9.61. The van der Waals surface area contributed by atoms with Crippen LogP contribution in [-0.2, 0) is 11.2 Å². The minimum Gasteiger partial charge on any atom is -0.396 e. The summed E-state index contributed by atoms with van der Waals surface area (Å²) in [6, 6.07) is 7.35. The van der Waals surface area contributed by atoms with Crippen molar-refractivity contribution in [1.29, 1.82) is 0 Å². The van der Waals surface area contributed by atoms with Gasteiger partial charge in [-0.05, 0) is 24.0 Å². The summed E-state index contributed by atoms with van der Waals surface area (Å²) in [6.45, 7) is 2.36. The van der Waals surface area contributed by atoms with Gasteiger partial charge in [-0.3, -0.25) is 4.79 Å². The molecule has 2 atom stereocenters. The zero-order valence-corrected chi connectivity index (χ0v) is 11.6. The van der Waals surface area contributed by atoms with Crippen molar-refractivity contribution in [2.45, 2.75) is 19.4 Å². The summed E-state index contributed by atoms with van der Waals surface area (Å²) in [5, 5.41) is 12.8. The van der Waals surface area contributed by atoms with E-state index in [4.69, 9.17) is 10.8 Å². The van der Waals surface area contributed by atoms with E-state index in [0.29, 0.717) is 13.0 Å². The van der Waals surface area contributed by atoms with Gasteiger partial charge >= 0.3 is 0 Å². The highest BCUT2D eigenvalue weighted by Crippen LogP contribution is 2.18. The van der Waals surface area contributed by atoms with Gasteiger partial charge in [0.05, 0.1) is 6.04 Å². The molecule has 20 heavy (non-hydrogen) atoms.